The molecule has 86 valence electrons. The molecule has 0 saturated carbocycles. The molecular weight excluding hydrogens is 202 g/mol. The van der Waals surface area contributed by atoms with Crippen molar-refractivity contribution in [3.8, 4) is 5.75 Å². The van der Waals surface area contributed by atoms with E-state index >= 15 is 0 Å². The maximum absolute atomic E-state index is 9.51. The summed E-state index contributed by atoms with van der Waals surface area (Å²) < 4.78 is 0. The van der Waals surface area contributed by atoms with Gasteiger partial charge >= 0.3 is 0 Å². The maximum Gasteiger partial charge on any atom is 0.119 e. The second-order valence-corrected chi connectivity index (χ2v) is 4.15. The molecule has 1 atom stereocenters. The lowest BCUT2D eigenvalue weighted by molar-refractivity contribution is 0.364. The van der Waals surface area contributed by atoms with Gasteiger partial charge in [0.2, 0.25) is 0 Å². The topological polar surface area (TPSA) is 47.9 Å². The Balaban J connectivity index is 2.32. The molecule has 0 aliphatic carbocycles. The predicted octanol–water partition coefficient (Wildman–Crippen LogP) is 0.997. The van der Waals surface area contributed by atoms with Gasteiger partial charge in [0, 0.05) is 6.54 Å². The lowest BCUT2D eigenvalue weighted by atomic mass is 10.0. The minimum atomic E-state index is 0.0922. The summed E-state index contributed by atoms with van der Waals surface area (Å²) in [7, 11) is 4.02. The molecule has 2 N–H and O–H groups in total. The first-order valence-electron chi connectivity index (χ1n) is 5.42. The number of aromatic hydroxyl groups is 1. The van der Waals surface area contributed by atoms with Crippen LogP contribution in [0, 0.1) is 0 Å². The summed E-state index contributed by atoms with van der Waals surface area (Å²) in [6.07, 6.45) is 0. The number of likely N-dealkylation sites (N-methyl/N-ethyl adjacent to an activating group) is 1. The third-order valence-corrected chi connectivity index (χ3v) is 2.66. The number of aliphatic imine (C=N–C) groups is 1. The molecule has 0 amide bonds. The largest absolute Gasteiger partial charge is 0.508 e. The van der Waals surface area contributed by atoms with E-state index < -0.39 is 0 Å². The highest BCUT2D eigenvalue weighted by atomic mass is 16.3. The van der Waals surface area contributed by atoms with Crippen LogP contribution in [0.2, 0.25) is 0 Å². The molecule has 0 aromatic heterocycles. The van der Waals surface area contributed by atoms with Gasteiger partial charge in [0.1, 0.15) is 11.6 Å². The second kappa shape index (κ2) is 4.53. The van der Waals surface area contributed by atoms with Gasteiger partial charge in [-0.2, -0.15) is 0 Å². The third kappa shape index (κ3) is 2.17. The van der Waals surface area contributed by atoms with Crippen molar-refractivity contribution >= 4 is 5.84 Å². The summed E-state index contributed by atoms with van der Waals surface area (Å²) in [6.45, 7) is 1.73. The molecule has 0 radical (unpaired) electrons. The van der Waals surface area contributed by atoms with Gasteiger partial charge in [-0.05, 0) is 31.8 Å². The first-order valence-corrected chi connectivity index (χ1v) is 5.42. The predicted molar refractivity (Wildman–Crippen MR) is 64.8 cm³/mol. The Morgan fingerprint density at radius 2 is 2.25 bits per heavy atom. The fourth-order valence-electron chi connectivity index (χ4n) is 1.99. The number of benzene rings is 1. The molecule has 1 aromatic rings. The molecule has 0 spiro atoms. The number of phenolic OH excluding ortho intramolecular Hbond substituents is 1. The molecule has 1 heterocycles. The zero-order valence-electron chi connectivity index (χ0n) is 9.64. The molecule has 1 unspecified atom stereocenters. The van der Waals surface area contributed by atoms with Crippen molar-refractivity contribution in [1.29, 1.82) is 0 Å². The van der Waals surface area contributed by atoms with Crippen LogP contribution in [0.4, 0.5) is 0 Å². The van der Waals surface area contributed by atoms with E-state index in [1.54, 1.807) is 12.1 Å². The van der Waals surface area contributed by atoms with Gasteiger partial charge in [-0.25, -0.2) is 0 Å². The third-order valence-electron chi connectivity index (χ3n) is 2.66. The first kappa shape index (κ1) is 11.0. The molecule has 1 aliphatic heterocycles. The van der Waals surface area contributed by atoms with E-state index in [9.17, 15) is 5.11 Å². The van der Waals surface area contributed by atoms with Crippen LogP contribution in [-0.4, -0.2) is 43.0 Å². The number of nitrogens with zero attached hydrogens (tertiary/aromatic N) is 2. The van der Waals surface area contributed by atoms with Crippen molar-refractivity contribution in [2.24, 2.45) is 4.99 Å². The lowest BCUT2D eigenvalue weighted by Crippen LogP contribution is -2.34. The van der Waals surface area contributed by atoms with Crippen LogP contribution in [0.5, 0.6) is 5.75 Å². The zero-order chi connectivity index (χ0) is 11.5. The van der Waals surface area contributed by atoms with Crippen LogP contribution < -0.4 is 5.32 Å². The van der Waals surface area contributed by atoms with E-state index in [1.165, 1.54) is 0 Å². The van der Waals surface area contributed by atoms with Crippen LogP contribution in [-0.2, 0) is 0 Å². The average molecular weight is 219 g/mol. The first-order chi connectivity index (χ1) is 7.68. The highest BCUT2D eigenvalue weighted by Gasteiger charge is 2.22. The van der Waals surface area contributed by atoms with Crippen molar-refractivity contribution in [2.75, 3.05) is 27.2 Å². The minimum Gasteiger partial charge on any atom is -0.508 e. The molecular formula is C12H17N3O. The molecule has 0 saturated heterocycles. The van der Waals surface area contributed by atoms with Gasteiger partial charge in [0.15, 0.2) is 0 Å². The number of hydrogen-bond donors (Lipinski definition) is 2. The standard InChI is InChI=1S/C12H17N3O/c1-15(2)11(12-13-6-7-14-12)9-4-3-5-10(16)8-9/h3-5,8,11,16H,6-7H2,1-2H3,(H,13,14). The number of rotatable bonds is 3. The normalized spacial score (nSPS) is 17.1. The van der Waals surface area contributed by atoms with E-state index in [2.05, 4.69) is 15.2 Å². The monoisotopic (exact) mass is 219 g/mol. The van der Waals surface area contributed by atoms with Gasteiger partial charge in [-0.3, -0.25) is 9.89 Å². The molecule has 1 aliphatic rings. The van der Waals surface area contributed by atoms with E-state index in [0.29, 0.717) is 5.75 Å². The van der Waals surface area contributed by atoms with Gasteiger partial charge in [-0.1, -0.05) is 12.1 Å². The Labute approximate surface area is 95.6 Å². The Hall–Kier alpha value is -1.55. The van der Waals surface area contributed by atoms with Crippen LogP contribution in [0.3, 0.4) is 0 Å². The molecule has 0 fully saturated rings. The smallest absolute Gasteiger partial charge is 0.119 e. The molecule has 1 aromatic carbocycles. The quantitative estimate of drug-likeness (QED) is 0.797. The van der Waals surface area contributed by atoms with Crippen molar-refractivity contribution in [2.45, 2.75) is 6.04 Å². The summed E-state index contributed by atoms with van der Waals surface area (Å²) in [4.78, 5) is 6.53. The number of nitrogens with one attached hydrogen (secondary N) is 1. The van der Waals surface area contributed by atoms with Crippen LogP contribution in [0.15, 0.2) is 29.3 Å². The van der Waals surface area contributed by atoms with E-state index in [4.69, 9.17) is 0 Å². The Bertz CT molecular complexity index is 401. The van der Waals surface area contributed by atoms with Crippen molar-refractivity contribution < 1.29 is 5.11 Å². The van der Waals surface area contributed by atoms with Gasteiger partial charge in [-0.15, -0.1) is 0 Å². The molecule has 4 heteroatoms. The van der Waals surface area contributed by atoms with E-state index in [0.717, 1.165) is 24.5 Å². The zero-order valence-corrected chi connectivity index (χ0v) is 9.64. The summed E-state index contributed by atoms with van der Waals surface area (Å²) >= 11 is 0. The van der Waals surface area contributed by atoms with Crippen molar-refractivity contribution in [1.82, 2.24) is 10.2 Å². The Morgan fingerprint density at radius 1 is 1.44 bits per heavy atom. The summed E-state index contributed by atoms with van der Waals surface area (Å²) in [5.74, 6) is 1.28. The number of hydrogen-bond acceptors (Lipinski definition) is 4. The molecule has 2 rings (SSSR count). The number of amidine groups is 1. The lowest BCUT2D eigenvalue weighted by Gasteiger charge is -2.25. The van der Waals surface area contributed by atoms with Crippen LogP contribution in [0.1, 0.15) is 11.6 Å². The highest BCUT2D eigenvalue weighted by molar-refractivity contribution is 5.89. The van der Waals surface area contributed by atoms with Crippen molar-refractivity contribution in [3.63, 3.8) is 0 Å². The minimum absolute atomic E-state index is 0.0922. The summed E-state index contributed by atoms with van der Waals surface area (Å²) in [5, 5.41) is 12.8. The summed E-state index contributed by atoms with van der Waals surface area (Å²) in [5.41, 5.74) is 1.05. The second-order valence-electron chi connectivity index (χ2n) is 4.15. The SMILES string of the molecule is CN(C)C(C1=NCCN1)c1cccc(O)c1. The fourth-order valence-corrected chi connectivity index (χ4v) is 1.99. The molecule has 16 heavy (non-hydrogen) atoms. The highest BCUT2D eigenvalue weighted by Crippen LogP contribution is 2.23. The maximum atomic E-state index is 9.51. The Kier molecular flexibility index (Phi) is 3.10. The summed E-state index contributed by atoms with van der Waals surface area (Å²) in [6, 6.07) is 7.42. The van der Waals surface area contributed by atoms with Gasteiger partial charge in [0.05, 0.1) is 12.6 Å². The average Bonchev–Trinajstić information content (AvgIpc) is 2.71. The van der Waals surface area contributed by atoms with Crippen molar-refractivity contribution in [3.05, 3.63) is 29.8 Å². The Morgan fingerprint density at radius 3 is 2.81 bits per heavy atom. The van der Waals surface area contributed by atoms with Crippen LogP contribution in [0.25, 0.3) is 0 Å². The fraction of sp³-hybridized carbons (Fsp3) is 0.417. The number of phenols is 1. The van der Waals surface area contributed by atoms with Gasteiger partial charge < -0.3 is 10.4 Å². The van der Waals surface area contributed by atoms with Gasteiger partial charge in [0.25, 0.3) is 0 Å². The molecule has 4 nitrogen and oxygen atoms in total. The van der Waals surface area contributed by atoms with E-state index in [-0.39, 0.29) is 6.04 Å². The van der Waals surface area contributed by atoms with E-state index in [1.807, 2.05) is 26.2 Å². The molecule has 0 bridgehead atoms. The van der Waals surface area contributed by atoms with Crippen LogP contribution >= 0.6 is 0 Å².